The van der Waals surface area contributed by atoms with Crippen molar-refractivity contribution in [3.05, 3.63) is 0 Å². The Morgan fingerprint density at radius 1 is 1.27 bits per heavy atom. The Morgan fingerprint density at radius 3 is 2.27 bits per heavy atom. The Hall–Kier alpha value is -0.610. The van der Waals surface area contributed by atoms with Crippen molar-refractivity contribution in [1.29, 1.82) is 0 Å². The molecule has 0 aromatic carbocycles. The van der Waals surface area contributed by atoms with E-state index in [1.807, 2.05) is 25.7 Å². The number of hydrogen-bond acceptors (Lipinski definition) is 4. The molecule has 0 saturated carbocycles. The Labute approximate surface area is 91.8 Å². The summed E-state index contributed by atoms with van der Waals surface area (Å²) in [6.07, 6.45) is 2.88. The topological polar surface area (TPSA) is 55.6 Å². The monoisotopic (exact) mass is 214 g/mol. The van der Waals surface area contributed by atoms with Crippen LogP contribution >= 0.6 is 0 Å². The molecule has 2 N–H and O–H groups in total. The first kappa shape index (κ1) is 12.5. The van der Waals surface area contributed by atoms with Gasteiger partial charge >= 0.3 is 5.97 Å². The summed E-state index contributed by atoms with van der Waals surface area (Å²) in [5.41, 5.74) is 5.40. The zero-order valence-corrected chi connectivity index (χ0v) is 9.95. The molecule has 0 aliphatic carbocycles. The Balaban J connectivity index is 2.44. The molecular formula is C11H22N2O2. The minimum atomic E-state index is -0.593. The normalized spacial score (nSPS) is 21.1. The number of esters is 1. The van der Waals surface area contributed by atoms with E-state index < -0.39 is 11.8 Å². The van der Waals surface area contributed by atoms with Gasteiger partial charge in [0.25, 0.3) is 0 Å². The highest BCUT2D eigenvalue weighted by Crippen LogP contribution is 2.13. The van der Waals surface area contributed by atoms with E-state index in [1.54, 1.807) is 0 Å². The molecule has 1 aliphatic rings. The van der Waals surface area contributed by atoms with Gasteiger partial charge < -0.3 is 10.5 Å². The van der Waals surface area contributed by atoms with Crippen molar-refractivity contribution in [3.63, 3.8) is 0 Å². The molecule has 1 heterocycles. The summed E-state index contributed by atoms with van der Waals surface area (Å²) >= 11 is 0. The molecule has 1 saturated heterocycles. The van der Waals surface area contributed by atoms with Crippen LogP contribution in [0.25, 0.3) is 0 Å². The number of nitrogens with zero attached hydrogens (tertiary/aromatic N) is 1. The lowest BCUT2D eigenvalue weighted by molar-refractivity contribution is -0.161. The Bertz CT molecular complexity index is 217. The van der Waals surface area contributed by atoms with E-state index in [9.17, 15) is 4.79 Å². The number of carbonyl (C=O) groups is 1. The number of likely N-dealkylation sites (tertiary alicyclic amines) is 1. The highest BCUT2D eigenvalue weighted by molar-refractivity contribution is 5.75. The van der Waals surface area contributed by atoms with E-state index >= 15 is 0 Å². The average Bonchev–Trinajstić information content (AvgIpc) is 2.15. The maximum atomic E-state index is 11.7. The second-order valence-electron chi connectivity index (χ2n) is 5.07. The van der Waals surface area contributed by atoms with Gasteiger partial charge in [0.1, 0.15) is 5.60 Å². The minimum Gasteiger partial charge on any atom is -0.458 e. The van der Waals surface area contributed by atoms with E-state index in [2.05, 4.69) is 0 Å². The summed E-state index contributed by atoms with van der Waals surface area (Å²) in [6, 6.07) is 0. The fourth-order valence-electron chi connectivity index (χ4n) is 1.71. The Kier molecular flexibility index (Phi) is 4.11. The van der Waals surface area contributed by atoms with Gasteiger partial charge in [-0.1, -0.05) is 6.42 Å². The molecule has 0 amide bonds. The van der Waals surface area contributed by atoms with Crippen LogP contribution < -0.4 is 5.73 Å². The molecule has 88 valence electrons. The third-order valence-corrected chi connectivity index (χ3v) is 2.43. The summed E-state index contributed by atoms with van der Waals surface area (Å²) in [6.45, 7) is 7.37. The zero-order valence-electron chi connectivity index (χ0n) is 9.95. The minimum absolute atomic E-state index is 0.315. The molecule has 0 aromatic heterocycles. The molecule has 4 heteroatoms. The number of hydrogen-bond donors (Lipinski definition) is 1. The summed E-state index contributed by atoms with van der Waals surface area (Å²) < 4.78 is 5.25. The van der Waals surface area contributed by atoms with E-state index in [0.717, 1.165) is 25.9 Å². The summed E-state index contributed by atoms with van der Waals surface area (Å²) in [5.74, 6) is -0.315. The van der Waals surface area contributed by atoms with Crippen molar-refractivity contribution in [1.82, 2.24) is 4.90 Å². The van der Waals surface area contributed by atoms with Gasteiger partial charge in [0.15, 0.2) is 6.17 Å². The van der Waals surface area contributed by atoms with E-state index in [-0.39, 0.29) is 5.97 Å². The first-order chi connectivity index (χ1) is 6.90. The standard InChI is InChI=1S/C11H22N2O2/c1-11(2,3)15-10(14)9(12)13-7-5-4-6-8-13/h9H,4-8,12H2,1-3H3. The van der Waals surface area contributed by atoms with Crippen molar-refractivity contribution in [2.45, 2.75) is 51.8 Å². The van der Waals surface area contributed by atoms with Crippen molar-refractivity contribution < 1.29 is 9.53 Å². The molecule has 1 fully saturated rings. The van der Waals surface area contributed by atoms with E-state index in [1.165, 1.54) is 6.42 Å². The predicted molar refractivity (Wildman–Crippen MR) is 59.2 cm³/mol. The number of rotatable bonds is 2. The number of piperidine rings is 1. The molecule has 0 bridgehead atoms. The van der Waals surface area contributed by atoms with Crippen molar-refractivity contribution in [2.24, 2.45) is 5.73 Å². The molecule has 4 nitrogen and oxygen atoms in total. The predicted octanol–water partition coefficient (Wildman–Crippen LogP) is 1.10. The summed E-state index contributed by atoms with van der Waals surface area (Å²) in [5, 5.41) is 0. The molecule has 15 heavy (non-hydrogen) atoms. The second-order valence-corrected chi connectivity index (χ2v) is 5.07. The van der Waals surface area contributed by atoms with Gasteiger partial charge in [-0.25, -0.2) is 4.79 Å². The van der Waals surface area contributed by atoms with Crippen LogP contribution in [0.3, 0.4) is 0 Å². The first-order valence-corrected chi connectivity index (χ1v) is 5.63. The quantitative estimate of drug-likeness (QED) is 0.699. The van der Waals surface area contributed by atoms with Crippen LogP contribution in [-0.2, 0) is 9.53 Å². The maximum absolute atomic E-state index is 11.7. The van der Waals surface area contributed by atoms with Crippen LogP contribution in [0.15, 0.2) is 0 Å². The number of carbonyl (C=O) groups excluding carboxylic acids is 1. The molecule has 0 aromatic rings. The SMILES string of the molecule is CC(C)(C)OC(=O)C(N)N1CCCCC1. The third-order valence-electron chi connectivity index (χ3n) is 2.43. The zero-order chi connectivity index (χ0) is 11.5. The highest BCUT2D eigenvalue weighted by Gasteiger charge is 2.27. The van der Waals surface area contributed by atoms with Crippen molar-refractivity contribution >= 4 is 5.97 Å². The molecule has 1 rings (SSSR count). The summed E-state index contributed by atoms with van der Waals surface area (Å²) in [7, 11) is 0. The summed E-state index contributed by atoms with van der Waals surface area (Å²) in [4.78, 5) is 13.7. The van der Waals surface area contributed by atoms with E-state index in [4.69, 9.17) is 10.5 Å². The number of nitrogens with two attached hydrogens (primary N) is 1. The van der Waals surface area contributed by atoms with Gasteiger partial charge in [-0.3, -0.25) is 4.90 Å². The fourth-order valence-corrected chi connectivity index (χ4v) is 1.71. The van der Waals surface area contributed by atoms with Gasteiger partial charge in [0.05, 0.1) is 0 Å². The lowest BCUT2D eigenvalue weighted by Gasteiger charge is -2.32. The van der Waals surface area contributed by atoms with Gasteiger partial charge in [-0.05, 0) is 33.6 Å². The fraction of sp³-hybridized carbons (Fsp3) is 0.909. The third kappa shape index (κ3) is 4.18. The largest absolute Gasteiger partial charge is 0.458 e. The van der Waals surface area contributed by atoms with Crippen LogP contribution in [-0.4, -0.2) is 35.7 Å². The molecular weight excluding hydrogens is 192 g/mol. The van der Waals surface area contributed by atoms with Crippen LogP contribution in [0.2, 0.25) is 0 Å². The molecule has 1 aliphatic heterocycles. The second kappa shape index (κ2) is 4.94. The maximum Gasteiger partial charge on any atom is 0.338 e. The number of ether oxygens (including phenoxy) is 1. The van der Waals surface area contributed by atoms with Crippen LogP contribution in [0.1, 0.15) is 40.0 Å². The van der Waals surface area contributed by atoms with Gasteiger partial charge in [0.2, 0.25) is 0 Å². The lowest BCUT2D eigenvalue weighted by Crippen LogP contribution is -2.51. The van der Waals surface area contributed by atoms with Gasteiger partial charge in [-0.15, -0.1) is 0 Å². The Morgan fingerprint density at radius 2 is 1.80 bits per heavy atom. The molecule has 1 unspecified atom stereocenters. The van der Waals surface area contributed by atoms with Crippen LogP contribution in [0.4, 0.5) is 0 Å². The van der Waals surface area contributed by atoms with Gasteiger partial charge in [-0.2, -0.15) is 0 Å². The van der Waals surface area contributed by atoms with Crippen LogP contribution in [0.5, 0.6) is 0 Å². The smallest absolute Gasteiger partial charge is 0.338 e. The van der Waals surface area contributed by atoms with E-state index in [0.29, 0.717) is 0 Å². The van der Waals surface area contributed by atoms with Crippen molar-refractivity contribution in [2.75, 3.05) is 13.1 Å². The molecule has 0 spiro atoms. The molecule has 1 atom stereocenters. The average molecular weight is 214 g/mol. The highest BCUT2D eigenvalue weighted by atomic mass is 16.6. The lowest BCUT2D eigenvalue weighted by atomic mass is 10.1. The van der Waals surface area contributed by atoms with Gasteiger partial charge in [0, 0.05) is 13.1 Å². The first-order valence-electron chi connectivity index (χ1n) is 5.63. The van der Waals surface area contributed by atoms with Crippen molar-refractivity contribution in [3.8, 4) is 0 Å². The molecule has 0 radical (unpaired) electrons. The van der Waals surface area contributed by atoms with Crippen LogP contribution in [0, 0.1) is 0 Å².